The third kappa shape index (κ3) is 2.83. The van der Waals surface area contributed by atoms with Crippen molar-refractivity contribution in [1.29, 1.82) is 0 Å². The number of amides is 1. The fourth-order valence-electron chi connectivity index (χ4n) is 3.47. The minimum absolute atomic E-state index is 0. The van der Waals surface area contributed by atoms with Gasteiger partial charge in [-0.2, -0.15) is 5.10 Å². The minimum Gasteiger partial charge on any atom is -0.369 e. The lowest BCUT2D eigenvalue weighted by molar-refractivity contribution is 0.100. The second-order valence-corrected chi connectivity index (χ2v) is 6.69. The van der Waals surface area contributed by atoms with E-state index in [1.165, 1.54) is 0 Å². The summed E-state index contributed by atoms with van der Waals surface area (Å²) in [6.45, 7) is 3.91. The summed E-state index contributed by atoms with van der Waals surface area (Å²) in [6.07, 6.45) is 1.98. The number of aryl methyl sites for hydroxylation is 2. The molecule has 1 fully saturated rings. The van der Waals surface area contributed by atoms with Crippen LogP contribution in [0.5, 0.6) is 0 Å². The van der Waals surface area contributed by atoms with Gasteiger partial charge in [-0.3, -0.25) is 9.48 Å². The van der Waals surface area contributed by atoms with Crippen LogP contribution < -0.4 is 16.0 Å². The second-order valence-electron chi connectivity index (χ2n) is 6.69. The number of rotatable bonds is 4. The van der Waals surface area contributed by atoms with Crippen LogP contribution in [-0.2, 0) is 7.05 Å². The van der Waals surface area contributed by atoms with Crippen LogP contribution in [0, 0.1) is 6.92 Å². The highest BCUT2D eigenvalue weighted by Crippen LogP contribution is 2.34. The van der Waals surface area contributed by atoms with Gasteiger partial charge in [-0.25, -0.2) is 0 Å². The van der Waals surface area contributed by atoms with Crippen LogP contribution in [-0.4, -0.2) is 46.9 Å². The Labute approximate surface area is 157 Å². The maximum absolute atomic E-state index is 11.9. The highest BCUT2D eigenvalue weighted by atomic mass is 35.5. The number of H-pyrrole nitrogens is 1. The van der Waals surface area contributed by atoms with Crippen LogP contribution in [0.3, 0.4) is 0 Å². The maximum atomic E-state index is 11.9. The van der Waals surface area contributed by atoms with Gasteiger partial charge < -0.3 is 20.9 Å². The van der Waals surface area contributed by atoms with Crippen molar-refractivity contribution in [3.8, 4) is 11.3 Å². The quantitative estimate of drug-likeness (QED) is 0.649. The molecule has 4 N–H and O–H groups in total. The third-order valence-corrected chi connectivity index (χ3v) is 5.03. The average molecular weight is 375 g/mol. The number of halogens is 1. The van der Waals surface area contributed by atoms with Gasteiger partial charge in [-0.15, -0.1) is 12.4 Å². The van der Waals surface area contributed by atoms with Gasteiger partial charge in [-0.1, -0.05) is 0 Å². The number of anilines is 1. The monoisotopic (exact) mass is 374 g/mol. The van der Waals surface area contributed by atoms with E-state index in [0.29, 0.717) is 11.6 Å². The number of likely N-dealkylation sites (N-methyl/N-ethyl adjacent to an activating group) is 1. The molecule has 1 aliphatic rings. The Morgan fingerprint density at radius 1 is 1.38 bits per heavy atom. The molecule has 1 amide bonds. The molecule has 7 nitrogen and oxygen atoms in total. The molecule has 0 spiro atoms. The number of primary amides is 1. The van der Waals surface area contributed by atoms with Gasteiger partial charge in [0.1, 0.15) is 0 Å². The largest absolute Gasteiger partial charge is 0.369 e. The molecule has 0 radical (unpaired) electrons. The number of fused-ring (bicyclic) bond motifs is 1. The Balaban J connectivity index is 0.00000196. The first-order valence-electron chi connectivity index (χ1n) is 8.35. The van der Waals surface area contributed by atoms with E-state index in [-0.39, 0.29) is 12.4 Å². The van der Waals surface area contributed by atoms with Crippen LogP contribution >= 0.6 is 12.4 Å². The van der Waals surface area contributed by atoms with Crippen LogP contribution in [0.2, 0.25) is 0 Å². The molecule has 0 aliphatic carbocycles. The maximum Gasteiger partial charge on any atom is 0.250 e. The number of nitrogens with two attached hydrogens (primary N) is 1. The Hall–Kier alpha value is -2.51. The lowest BCUT2D eigenvalue weighted by Crippen LogP contribution is -2.56. The SMILES string of the molecule is Cc1nn(C)cc1-c1cc2c(N(C)C3CNC3)ccc(C(N)=O)c2[nH]1.Cl. The topological polar surface area (TPSA) is 92.0 Å². The van der Waals surface area contributed by atoms with E-state index in [2.05, 4.69) is 33.4 Å². The number of nitrogens with one attached hydrogen (secondary N) is 2. The number of nitrogens with zero attached hydrogens (tertiary/aromatic N) is 3. The van der Waals surface area contributed by atoms with Gasteiger partial charge in [0.15, 0.2) is 0 Å². The first-order valence-corrected chi connectivity index (χ1v) is 8.35. The summed E-state index contributed by atoms with van der Waals surface area (Å²) in [5.41, 5.74) is 10.9. The lowest BCUT2D eigenvalue weighted by Gasteiger charge is -2.37. The molecule has 1 aromatic carbocycles. The second kappa shape index (κ2) is 6.66. The van der Waals surface area contributed by atoms with Crippen LogP contribution in [0.15, 0.2) is 24.4 Å². The molecule has 0 saturated carbocycles. The van der Waals surface area contributed by atoms with E-state index in [4.69, 9.17) is 5.73 Å². The molecule has 8 heteroatoms. The number of carbonyl (C=O) groups is 1. The summed E-state index contributed by atoms with van der Waals surface area (Å²) < 4.78 is 1.79. The van der Waals surface area contributed by atoms with Gasteiger partial charge in [-0.05, 0) is 25.1 Å². The highest BCUT2D eigenvalue weighted by Gasteiger charge is 2.25. The molecule has 1 aliphatic heterocycles. The highest BCUT2D eigenvalue weighted by molar-refractivity contribution is 6.10. The van der Waals surface area contributed by atoms with Gasteiger partial charge >= 0.3 is 0 Å². The summed E-state index contributed by atoms with van der Waals surface area (Å²) >= 11 is 0. The van der Waals surface area contributed by atoms with Gasteiger partial charge in [0.2, 0.25) is 0 Å². The number of benzene rings is 1. The van der Waals surface area contributed by atoms with E-state index in [0.717, 1.165) is 46.6 Å². The summed E-state index contributed by atoms with van der Waals surface area (Å²) in [5.74, 6) is -0.430. The lowest BCUT2D eigenvalue weighted by atomic mass is 10.1. The number of hydrogen-bond donors (Lipinski definition) is 3. The zero-order valence-electron chi connectivity index (χ0n) is 15.0. The van der Waals surface area contributed by atoms with Crippen LogP contribution in [0.25, 0.3) is 22.2 Å². The van der Waals surface area contributed by atoms with Crippen LogP contribution in [0.1, 0.15) is 16.1 Å². The molecular formula is C18H23ClN6O. The van der Waals surface area contributed by atoms with Crippen molar-refractivity contribution in [1.82, 2.24) is 20.1 Å². The number of aromatic nitrogens is 3. The van der Waals surface area contributed by atoms with Gasteiger partial charge in [0.25, 0.3) is 5.91 Å². The fourth-order valence-corrected chi connectivity index (χ4v) is 3.47. The molecule has 4 rings (SSSR count). The minimum atomic E-state index is -0.430. The predicted octanol–water partition coefficient (Wildman–Crippen LogP) is 1.81. The van der Waals surface area contributed by atoms with Crippen molar-refractivity contribution in [2.24, 2.45) is 12.8 Å². The third-order valence-electron chi connectivity index (χ3n) is 5.03. The molecule has 0 atom stereocenters. The van der Waals surface area contributed by atoms with Crippen molar-refractivity contribution in [2.45, 2.75) is 13.0 Å². The molecule has 138 valence electrons. The first kappa shape index (κ1) is 18.3. The van der Waals surface area contributed by atoms with Crippen LogP contribution in [0.4, 0.5) is 5.69 Å². The van der Waals surface area contributed by atoms with E-state index < -0.39 is 5.91 Å². The molecule has 26 heavy (non-hydrogen) atoms. The van der Waals surface area contributed by atoms with Gasteiger partial charge in [0.05, 0.1) is 22.8 Å². The standard InChI is InChI=1S/C18H22N6O.ClH/c1-10-14(9-23(2)22-10)15-6-13-16(24(3)11-7-20-8-11)5-4-12(18(19)25)17(13)21-15;/h4-6,9,11,20-21H,7-8H2,1-3H3,(H2,19,25);1H. The Kier molecular flexibility index (Phi) is 4.68. The molecule has 3 heterocycles. The summed E-state index contributed by atoms with van der Waals surface area (Å²) in [4.78, 5) is 17.5. The first-order chi connectivity index (χ1) is 12.0. The Bertz CT molecular complexity index is 972. The van der Waals surface area contributed by atoms with E-state index in [1.54, 1.807) is 10.7 Å². The molecule has 3 aromatic rings. The van der Waals surface area contributed by atoms with E-state index in [9.17, 15) is 4.79 Å². The summed E-state index contributed by atoms with van der Waals surface area (Å²) in [5, 5.41) is 8.71. The molecule has 1 saturated heterocycles. The van der Waals surface area contributed by atoms with Gasteiger partial charge in [0, 0.05) is 55.7 Å². The van der Waals surface area contributed by atoms with Crippen molar-refractivity contribution < 1.29 is 4.79 Å². The summed E-state index contributed by atoms with van der Waals surface area (Å²) in [6, 6.07) is 6.33. The van der Waals surface area contributed by atoms with Crippen molar-refractivity contribution >= 4 is 34.9 Å². The normalized spacial score (nSPS) is 14.1. The van der Waals surface area contributed by atoms with E-state index in [1.807, 2.05) is 26.2 Å². The smallest absolute Gasteiger partial charge is 0.250 e. The molecule has 0 bridgehead atoms. The Morgan fingerprint density at radius 3 is 2.65 bits per heavy atom. The van der Waals surface area contributed by atoms with Crippen molar-refractivity contribution in [3.05, 3.63) is 35.7 Å². The van der Waals surface area contributed by atoms with Crippen molar-refractivity contribution in [3.63, 3.8) is 0 Å². The zero-order valence-corrected chi connectivity index (χ0v) is 15.9. The molecule has 0 unspecified atom stereocenters. The average Bonchev–Trinajstić information content (AvgIpc) is 3.06. The molecule has 2 aromatic heterocycles. The number of aromatic amines is 1. The fraction of sp³-hybridized carbons (Fsp3) is 0.333. The number of hydrogen-bond acceptors (Lipinski definition) is 4. The summed E-state index contributed by atoms with van der Waals surface area (Å²) in [7, 11) is 3.99. The van der Waals surface area contributed by atoms with E-state index >= 15 is 0 Å². The van der Waals surface area contributed by atoms with Crippen molar-refractivity contribution in [2.75, 3.05) is 25.0 Å². The predicted molar refractivity (Wildman–Crippen MR) is 106 cm³/mol. The number of carbonyl (C=O) groups excluding carboxylic acids is 1. The molecular weight excluding hydrogens is 352 g/mol. The zero-order chi connectivity index (χ0) is 17.7. The Morgan fingerprint density at radius 2 is 2.12 bits per heavy atom.